The molecule has 0 amide bonds. The lowest BCUT2D eigenvalue weighted by Gasteiger charge is -2.09. The van der Waals surface area contributed by atoms with Crippen LogP contribution >= 0.6 is 0 Å². The zero-order valence-corrected chi connectivity index (χ0v) is 10.7. The zero-order chi connectivity index (χ0) is 13.2. The summed E-state index contributed by atoms with van der Waals surface area (Å²) in [5, 5.41) is 0. The molecule has 0 saturated carbocycles. The Labute approximate surface area is 111 Å². The van der Waals surface area contributed by atoms with Crippen molar-refractivity contribution < 1.29 is 9.47 Å². The summed E-state index contributed by atoms with van der Waals surface area (Å²) in [5.74, 6) is 0.820. The van der Waals surface area contributed by atoms with Crippen molar-refractivity contribution in [3.63, 3.8) is 0 Å². The molecule has 2 aromatic rings. The Kier molecular flexibility index (Phi) is 3.09. The average Bonchev–Trinajstić information content (AvgIpc) is 3.25. The van der Waals surface area contributed by atoms with Gasteiger partial charge in [0.2, 0.25) is 0 Å². The molecule has 0 N–H and O–H groups in total. The Morgan fingerprint density at radius 1 is 1.26 bits per heavy atom. The number of ether oxygens (including phenoxy) is 2. The molecule has 1 aromatic heterocycles. The third-order valence-corrected chi connectivity index (χ3v) is 3.17. The summed E-state index contributed by atoms with van der Waals surface area (Å²) in [5.41, 5.74) is 1.88. The SMILES string of the molecule is Cn1c(-c2ccc(OCC3CO3)cc2)cccc1=O. The van der Waals surface area contributed by atoms with Gasteiger partial charge in [-0.05, 0) is 35.9 Å². The van der Waals surface area contributed by atoms with Gasteiger partial charge in [-0.15, -0.1) is 0 Å². The van der Waals surface area contributed by atoms with Crippen molar-refractivity contribution in [1.29, 1.82) is 0 Å². The zero-order valence-electron chi connectivity index (χ0n) is 10.7. The molecule has 1 aliphatic rings. The molecule has 0 radical (unpaired) electrons. The van der Waals surface area contributed by atoms with E-state index in [0.29, 0.717) is 6.61 Å². The van der Waals surface area contributed by atoms with E-state index in [2.05, 4.69) is 0 Å². The normalized spacial score (nSPS) is 17.2. The molecule has 0 spiro atoms. The average molecular weight is 257 g/mol. The Hall–Kier alpha value is -2.07. The van der Waals surface area contributed by atoms with Crippen molar-refractivity contribution in [3.05, 3.63) is 52.8 Å². The molecule has 19 heavy (non-hydrogen) atoms. The first-order valence-corrected chi connectivity index (χ1v) is 6.25. The molecule has 2 heterocycles. The molecule has 1 atom stereocenters. The van der Waals surface area contributed by atoms with Crippen molar-refractivity contribution >= 4 is 0 Å². The number of nitrogens with zero attached hydrogens (tertiary/aromatic N) is 1. The van der Waals surface area contributed by atoms with Crippen LogP contribution in [0.4, 0.5) is 0 Å². The summed E-state index contributed by atoms with van der Waals surface area (Å²) < 4.78 is 12.3. The molecule has 98 valence electrons. The molecular weight excluding hydrogens is 242 g/mol. The van der Waals surface area contributed by atoms with Crippen LogP contribution in [0.2, 0.25) is 0 Å². The van der Waals surface area contributed by atoms with E-state index in [0.717, 1.165) is 23.6 Å². The molecule has 1 aliphatic heterocycles. The number of aromatic nitrogens is 1. The van der Waals surface area contributed by atoms with Gasteiger partial charge in [-0.25, -0.2) is 0 Å². The van der Waals surface area contributed by atoms with Crippen LogP contribution < -0.4 is 10.3 Å². The molecule has 0 bridgehead atoms. The van der Waals surface area contributed by atoms with Crippen LogP contribution in [0.3, 0.4) is 0 Å². The van der Waals surface area contributed by atoms with Crippen molar-refractivity contribution in [2.24, 2.45) is 7.05 Å². The maximum absolute atomic E-state index is 11.6. The minimum atomic E-state index is -0.0105. The highest BCUT2D eigenvalue weighted by Gasteiger charge is 2.22. The third-order valence-electron chi connectivity index (χ3n) is 3.17. The maximum Gasteiger partial charge on any atom is 0.250 e. The molecular formula is C15H15NO3. The molecule has 1 saturated heterocycles. The highest BCUT2D eigenvalue weighted by molar-refractivity contribution is 5.60. The number of pyridine rings is 1. The lowest BCUT2D eigenvalue weighted by atomic mass is 10.1. The van der Waals surface area contributed by atoms with Gasteiger partial charge >= 0.3 is 0 Å². The van der Waals surface area contributed by atoms with Gasteiger partial charge < -0.3 is 14.0 Å². The highest BCUT2D eigenvalue weighted by atomic mass is 16.6. The summed E-state index contributed by atoms with van der Waals surface area (Å²) in [6, 6.07) is 13.0. The summed E-state index contributed by atoms with van der Waals surface area (Å²) in [7, 11) is 1.77. The second-order valence-electron chi connectivity index (χ2n) is 4.60. The van der Waals surface area contributed by atoms with E-state index in [1.807, 2.05) is 30.3 Å². The topological polar surface area (TPSA) is 43.8 Å². The van der Waals surface area contributed by atoms with Crippen LogP contribution in [0, 0.1) is 0 Å². The monoisotopic (exact) mass is 257 g/mol. The summed E-state index contributed by atoms with van der Waals surface area (Å²) in [4.78, 5) is 11.6. The van der Waals surface area contributed by atoms with Gasteiger partial charge in [0.1, 0.15) is 18.5 Å². The van der Waals surface area contributed by atoms with Crippen LogP contribution in [0.1, 0.15) is 0 Å². The first-order chi connectivity index (χ1) is 9.24. The van der Waals surface area contributed by atoms with Crippen LogP contribution in [-0.2, 0) is 11.8 Å². The molecule has 1 unspecified atom stereocenters. The Bertz CT molecular complexity index is 627. The van der Waals surface area contributed by atoms with Gasteiger partial charge in [0.25, 0.3) is 5.56 Å². The molecule has 3 rings (SSSR count). The first kappa shape index (κ1) is 12.0. The molecule has 1 fully saturated rings. The van der Waals surface area contributed by atoms with Crippen LogP contribution in [0.25, 0.3) is 11.3 Å². The highest BCUT2D eigenvalue weighted by Crippen LogP contribution is 2.21. The van der Waals surface area contributed by atoms with Crippen molar-refractivity contribution in [2.45, 2.75) is 6.10 Å². The molecule has 4 nitrogen and oxygen atoms in total. The predicted octanol–water partition coefficient (Wildman–Crippen LogP) is 1.83. The smallest absolute Gasteiger partial charge is 0.250 e. The minimum Gasteiger partial charge on any atom is -0.491 e. The summed E-state index contributed by atoms with van der Waals surface area (Å²) >= 11 is 0. The standard InChI is InChI=1S/C15H15NO3/c1-16-14(3-2-4-15(16)17)11-5-7-12(8-6-11)18-9-13-10-19-13/h2-8,13H,9-10H2,1H3. The first-order valence-electron chi connectivity index (χ1n) is 6.25. The van der Waals surface area contributed by atoms with E-state index in [1.54, 1.807) is 23.7 Å². The second kappa shape index (κ2) is 4.90. The number of hydrogen-bond acceptors (Lipinski definition) is 3. The Morgan fingerprint density at radius 2 is 2.00 bits per heavy atom. The van der Waals surface area contributed by atoms with Gasteiger partial charge in [0.15, 0.2) is 0 Å². The van der Waals surface area contributed by atoms with E-state index in [9.17, 15) is 4.79 Å². The van der Waals surface area contributed by atoms with Gasteiger partial charge in [0.05, 0.1) is 12.3 Å². The molecule has 4 heteroatoms. The Balaban J connectivity index is 1.81. The number of benzene rings is 1. The van der Waals surface area contributed by atoms with E-state index in [1.165, 1.54) is 0 Å². The van der Waals surface area contributed by atoms with Crippen LogP contribution in [-0.4, -0.2) is 23.9 Å². The van der Waals surface area contributed by atoms with Crippen molar-refractivity contribution in [1.82, 2.24) is 4.57 Å². The van der Waals surface area contributed by atoms with Crippen LogP contribution in [0.5, 0.6) is 5.75 Å². The van der Waals surface area contributed by atoms with E-state index < -0.39 is 0 Å². The van der Waals surface area contributed by atoms with Crippen molar-refractivity contribution in [3.8, 4) is 17.0 Å². The predicted molar refractivity (Wildman–Crippen MR) is 72.4 cm³/mol. The summed E-state index contributed by atoms with van der Waals surface area (Å²) in [6.07, 6.45) is 0.259. The second-order valence-corrected chi connectivity index (χ2v) is 4.60. The fourth-order valence-electron chi connectivity index (χ4n) is 1.93. The number of rotatable bonds is 4. The third kappa shape index (κ3) is 2.69. The fourth-order valence-corrected chi connectivity index (χ4v) is 1.93. The van der Waals surface area contributed by atoms with Gasteiger partial charge in [0, 0.05) is 13.1 Å². The lowest BCUT2D eigenvalue weighted by Crippen LogP contribution is -2.16. The lowest BCUT2D eigenvalue weighted by molar-refractivity contribution is 0.263. The quantitative estimate of drug-likeness (QED) is 0.785. The van der Waals surface area contributed by atoms with E-state index >= 15 is 0 Å². The largest absolute Gasteiger partial charge is 0.491 e. The van der Waals surface area contributed by atoms with Gasteiger partial charge in [-0.1, -0.05) is 6.07 Å². The number of hydrogen-bond donors (Lipinski definition) is 0. The summed E-state index contributed by atoms with van der Waals surface area (Å²) in [6.45, 7) is 1.40. The Morgan fingerprint density at radius 3 is 2.68 bits per heavy atom. The van der Waals surface area contributed by atoms with Crippen LogP contribution in [0.15, 0.2) is 47.3 Å². The van der Waals surface area contributed by atoms with E-state index in [4.69, 9.17) is 9.47 Å². The van der Waals surface area contributed by atoms with Gasteiger partial charge in [-0.3, -0.25) is 4.79 Å². The van der Waals surface area contributed by atoms with E-state index in [-0.39, 0.29) is 11.7 Å². The molecule has 1 aromatic carbocycles. The van der Waals surface area contributed by atoms with Crippen molar-refractivity contribution in [2.75, 3.05) is 13.2 Å². The number of epoxide rings is 1. The minimum absolute atomic E-state index is 0.0105. The van der Waals surface area contributed by atoms with Gasteiger partial charge in [-0.2, -0.15) is 0 Å². The molecule has 0 aliphatic carbocycles. The fraction of sp³-hybridized carbons (Fsp3) is 0.267. The maximum atomic E-state index is 11.6.